The van der Waals surface area contributed by atoms with Crippen molar-refractivity contribution in [1.29, 1.82) is 0 Å². The van der Waals surface area contributed by atoms with E-state index in [2.05, 4.69) is 26.0 Å². The van der Waals surface area contributed by atoms with Crippen molar-refractivity contribution >= 4 is 5.97 Å². The molecule has 0 aliphatic heterocycles. The average Bonchev–Trinajstić information content (AvgIpc) is 2.34. The third kappa shape index (κ3) is 17.2. The van der Waals surface area contributed by atoms with Crippen LogP contribution in [0.1, 0.15) is 84.5 Å². The molecule has 2 heteroatoms. The molecule has 0 atom stereocenters. The Morgan fingerprint density at radius 1 is 0.895 bits per heavy atom. The molecule has 0 aromatic heterocycles. The van der Waals surface area contributed by atoms with Crippen molar-refractivity contribution < 1.29 is 9.90 Å². The lowest BCUT2D eigenvalue weighted by molar-refractivity contribution is -0.137. The number of aliphatic carboxylic acids is 1. The van der Waals surface area contributed by atoms with Gasteiger partial charge in [0.05, 0.1) is 0 Å². The summed E-state index contributed by atoms with van der Waals surface area (Å²) in [5, 5.41) is 8.50. The van der Waals surface area contributed by atoms with Crippen LogP contribution in [0.2, 0.25) is 0 Å². The van der Waals surface area contributed by atoms with Crippen molar-refractivity contribution in [2.24, 2.45) is 5.92 Å². The van der Waals surface area contributed by atoms with Crippen LogP contribution in [0.15, 0.2) is 12.2 Å². The Balaban J connectivity index is 3.09. The van der Waals surface area contributed by atoms with Gasteiger partial charge in [-0.05, 0) is 38.0 Å². The molecule has 0 aliphatic rings. The van der Waals surface area contributed by atoms with Gasteiger partial charge in [0.2, 0.25) is 0 Å². The average molecular weight is 268 g/mol. The number of allylic oxidation sites excluding steroid dienone is 2. The summed E-state index contributed by atoms with van der Waals surface area (Å²) in [7, 11) is 0. The van der Waals surface area contributed by atoms with E-state index in [0.717, 1.165) is 18.8 Å². The summed E-state index contributed by atoms with van der Waals surface area (Å²) in [6.45, 7) is 4.56. The van der Waals surface area contributed by atoms with Crippen molar-refractivity contribution in [3.63, 3.8) is 0 Å². The highest BCUT2D eigenvalue weighted by Crippen LogP contribution is 2.10. The van der Waals surface area contributed by atoms with Gasteiger partial charge >= 0.3 is 5.97 Å². The molecule has 0 aliphatic carbocycles. The van der Waals surface area contributed by atoms with E-state index in [4.69, 9.17) is 5.11 Å². The van der Waals surface area contributed by atoms with Crippen LogP contribution < -0.4 is 0 Å². The van der Waals surface area contributed by atoms with Crippen molar-refractivity contribution in [3.8, 4) is 0 Å². The molecule has 0 radical (unpaired) electrons. The van der Waals surface area contributed by atoms with Gasteiger partial charge in [-0.3, -0.25) is 4.79 Å². The summed E-state index contributed by atoms with van der Waals surface area (Å²) in [6.07, 6.45) is 17.0. The standard InChI is InChI=1S/C17H32O2/c1-16(2)14-12-10-8-6-4-3-5-7-9-11-13-15-17(18)19/h6,8,16H,3-5,7,9-15H2,1-2H3,(H,18,19)/b8-6-. The minimum Gasteiger partial charge on any atom is -0.481 e. The molecule has 112 valence electrons. The van der Waals surface area contributed by atoms with Gasteiger partial charge in [-0.2, -0.15) is 0 Å². The Bertz CT molecular complexity index is 231. The van der Waals surface area contributed by atoms with Crippen LogP contribution in [0.4, 0.5) is 0 Å². The van der Waals surface area contributed by atoms with Crippen LogP contribution in [0.5, 0.6) is 0 Å². The van der Waals surface area contributed by atoms with Gasteiger partial charge in [0.25, 0.3) is 0 Å². The van der Waals surface area contributed by atoms with Crippen LogP contribution in [-0.4, -0.2) is 11.1 Å². The maximum Gasteiger partial charge on any atom is 0.303 e. The zero-order valence-corrected chi connectivity index (χ0v) is 12.9. The predicted octanol–water partition coefficient (Wildman–Crippen LogP) is 5.57. The number of carboxylic acid groups (broad SMARTS) is 1. The molecule has 0 bridgehead atoms. The maximum atomic E-state index is 10.3. The van der Waals surface area contributed by atoms with Crippen LogP contribution in [0.3, 0.4) is 0 Å². The Hall–Kier alpha value is -0.790. The molecule has 0 unspecified atom stereocenters. The van der Waals surface area contributed by atoms with E-state index in [1.165, 1.54) is 51.4 Å². The summed E-state index contributed by atoms with van der Waals surface area (Å²) in [5.41, 5.74) is 0. The SMILES string of the molecule is CC(C)CCC/C=C\CCCCCCCCC(=O)O. The summed E-state index contributed by atoms with van der Waals surface area (Å²) in [4.78, 5) is 10.3. The smallest absolute Gasteiger partial charge is 0.303 e. The predicted molar refractivity (Wildman–Crippen MR) is 82.4 cm³/mol. The van der Waals surface area contributed by atoms with Crippen molar-refractivity contribution in [1.82, 2.24) is 0 Å². The van der Waals surface area contributed by atoms with Gasteiger partial charge in [-0.15, -0.1) is 0 Å². The lowest BCUT2D eigenvalue weighted by atomic mass is 10.1. The van der Waals surface area contributed by atoms with Crippen molar-refractivity contribution in [3.05, 3.63) is 12.2 Å². The number of carbonyl (C=O) groups is 1. The van der Waals surface area contributed by atoms with Gasteiger partial charge in [0, 0.05) is 6.42 Å². The highest BCUT2D eigenvalue weighted by molar-refractivity contribution is 5.66. The summed E-state index contributed by atoms with van der Waals surface area (Å²) < 4.78 is 0. The summed E-state index contributed by atoms with van der Waals surface area (Å²) >= 11 is 0. The molecule has 0 saturated heterocycles. The van der Waals surface area contributed by atoms with Gasteiger partial charge in [-0.25, -0.2) is 0 Å². The number of rotatable bonds is 13. The van der Waals surface area contributed by atoms with Gasteiger partial charge in [0.1, 0.15) is 0 Å². The molecular weight excluding hydrogens is 236 g/mol. The Labute approximate surface area is 119 Å². The Morgan fingerprint density at radius 2 is 1.42 bits per heavy atom. The third-order valence-electron chi connectivity index (χ3n) is 3.33. The lowest BCUT2D eigenvalue weighted by Gasteiger charge is -2.01. The highest BCUT2D eigenvalue weighted by Gasteiger charge is 1.96. The monoisotopic (exact) mass is 268 g/mol. The number of hydrogen-bond donors (Lipinski definition) is 1. The maximum absolute atomic E-state index is 10.3. The zero-order chi connectivity index (χ0) is 14.3. The van der Waals surface area contributed by atoms with E-state index in [0.29, 0.717) is 6.42 Å². The largest absolute Gasteiger partial charge is 0.481 e. The number of hydrogen-bond acceptors (Lipinski definition) is 1. The van der Waals surface area contributed by atoms with Gasteiger partial charge < -0.3 is 5.11 Å². The second-order valence-corrected chi connectivity index (χ2v) is 5.85. The number of carboxylic acids is 1. The zero-order valence-electron chi connectivity index (χ0n) is 12.9. The topological polar surface area (TPSA) is 37.3 Å². The van der Waals surface area contributed by atoms with Crippen LogP contribution in [-0.2, 0) is 4.79 Å². The molecule has 2 nitrogen and oxygen atoms in total. The molecule has 0 amide bonds. The van der Waals surface area contributed by atoms with E-state index in [1.807, 2.05) is 0 Å². The fraction of sp³-hybridized carbons (Fsp3) is 0.824. The normalized spacial score (nSPS) is 11.5. The minimum atomic E-state index is -0.664. The molecule has 0 spiro atoms. The van der Waals surface area contributed by atoms with E-state index in [9.17, 15) is 4.79 Å². The van der Waals surface area contributed by atoms with Crippen molar-refractivity contribution in [2.45, 2.75) is 84.5 Å². The van der Waals surface area contributed by atoms with E-state index < -0.39 is 5.97 Å². The first-order valence-corrected chi connectivity index (χ1v) is 7.99. The first kappa shape index (κ1) is 18.2. The second-order valence-electron chi connectivity index (χ2n) is 5.85. The van der Waals surface area contributed by atoms with E-state index in [-0.39, 0.29) is 0 Å². The van der Waals surface area contributed by atoms with Gasteiger partial charge in [-0.1, -0.05) is 58.1 Å². The van der Waals surface area contributed by atoms with Gasteiger partial charge in [0.15, 0.2) is 0 Å². The molecule has 0 heterocycles. The van der Waals surface area contributed by atoms with Crippen LogP contribution in [0.25, 0.3) is 0 Å². The molecule has 0 aromatic carbocycles. The molecule has 0 aromatic rings. The summed E-state index contributed by atoms with van der Waals surface area (Å²) in [5.74, 6) is 0.164. The second kappa shape index (κ2) is 13.6. The Kier molecular flexibility index (Phi) is 13.1. The van der Waals surface area contributed by atoms with E-state index >= 15 is 0 Å². The summed E-state index contributed by atoms with van der Waals surface area (Å²) in [6, 6.07) is 0. The highest BCUT2D eigenvalue weighted by atomic mass is 16.4. The quantitative estimate of drug-likeness (QED) is 0.350. The fourth-order valence-electron chi connectivity index (χ4n) is 2.13. The fourth-order valence-corrected chi connectivity index (χ4v) is 2.13. The molecule has 0 rings (SSSR count). The molecule has 0 fully saturated rings. The minimum absolute atomic E-state index is 0.332. The third-order valence-corrected chi connectivity index (χ3v) is 3.33. The Morgan fingerprint density at radius 3 is 2.00 bits per heavy atom. The lowest BCUT2D eigenvalue weighted by Crippen LogP contribution is -1.93. The molecule has 1 N–H and O–H groups in total. The number of unbranched alkanes of at least 4 members (excludes halogenated alkanes) is 7. The van der Waals surface area contributed by atoms with Crippen LogP contribution in [0, 0.1) is 5.92 Å². The van der Waals surface area contributed by atoms with Crippen molar-refractivity contribution in [2.75, 3.05) is 0 Å². The first-order chi connectivity index (χ1) is 9.13. The molecule has 0 saturated carbocycles. The first-order valence-electron chi connectivity index (χ1n) is 7.99. The molecular formula is C17H32O2. The van der Waals surface area contributed by atoms with E-state index in [1.54, 1.807) is 0 Å². The van der Waals surface area contributed by atoms with Crippen LogP contribution >= 0.6 is 0 Å². The molecule has 19 heavy (non-hydrogen) atoms.